The number of rotatable bonds is 1. The maximum absolute atomic E-state index is 4.49. The fraction of sp³-hybridized carbons (Fsp3) is 0.290. The van der Waals surface area contributed by atoms with E-state index in [0.29, 0.717) is 0 Å². The van der Waals surface area contributed by atoms with Gasteiger partial charge >= 0.3 is 0 Å². The lowest BCUT2D eigenvalue weighted by Gasteiger charge is -2.21. The van der Waals surface area contributed by atoms with Gasteiger partial charge < -0.3 is 0 Å². The lowest BCUT2D eigenvalue weighted by atomic mass is 9.83. The van der Waals surface area contributed by atoms with Crippen LogP contribution in [0.25, 0.3) is 18.2 Å². The molecule has 0 spiro atoms. The monoisotopic (exact) mass is 404 g/mol. The molecule has 0 aromatic heterocycles. The fourth-order valence-electron chi connectivity index (χ4n) is 5.45. The van der Waals surface area contributed by atoms with E-state index < -0.39 is 0 Å². The number of benzene rings is 3. The highest BCUT2D eigenvalue weighted by Gasteiger charge is 2.32. The van der Waals surface area contributed by atoms with Crippen LogP contribution in [-0.4, -0.2) is 0 Å². The molecule has 0 radical (unpaired) electrons. The number of allylic oxidation sites excluding steroid dienone is 2. The van der Waals surface area contributed by atoms with Crippen LogP contribution >= 0.6 is 0 Å². The van der Waals surface area contributed by atoms with Crippen LogP contribution in [0.4, 0.5) is 0 Å². The normalized spacial score (nSPS) is 17.0. The predicted molar refractivity (Wildman–Crippen MR) is 133 cm³/mol. The van der Waals surface area contributed by atoms with Crippen LogP contribution in [0.2, 0.25) is 0 Å². The Hall–Kier alpha value is -2.86. The fourth-order valence-corrected chi connectivity index (χ4v) is 5.45. The van der Waals surface area contributed by atoms with Crippen molar-refractivity contribution in [3.8, 4) is 0 Å². The van der Waals surface area contributed by atoms with E-state index in [4.69, 9.17) is 0 Å². The van der Waals surface area contributed by atoms with Gasteiger partial charge in [0.2, 0.25) is 0 Å². The van der Waals surface area contributed by atoms with Crippen LogP contribution < -0.4 is 10.4 Å². The van der Waals surface area contributed by atoms with Crippen molar-refractivity contribution in [1.29, 1.82) is 0 Å². The molecule has 0 bridgehead atoms. The molecule has 0 fully saturated rings. The molecule has 0 nitrogen and oxygen atoms in total. The standard InChI is InChI=1S/C31H32/c1-19-15-16-23-24(17-20-11-10-14-26(29(20)23)30(2,3)4)28(19)25-18-27(31(5,6)7)22-13-9-8-12-21(22)25/h8-18,25H,1H2,2-7H3. The van der Waals surface area contributed by atoms with Crippen molar-refractivity contribution in [2.75, 3.05) is 0 Å². The zero-order valence-electron chi connectivity index (χ0n) is 19.6. The first kappa shape index (κ1) is 20.1. The first-order valence-electron chi connectivity index (χ1n) is 11.4. The molecule has 2 aliphatic rings. The summed E-state index contributed by atoms with van der Waals surface area (Å²) in [5.74, 6) is 0.247. The maximum Gasteiger partial charge on any atom is 0.0293 e. The second-order valence-electron chi connectivity index (χ2n) is 11.2. The van der Waals surface area contributed by atoms with Crippen LogP contribution in [0, 0.1) is 15.9 Å². The summed E-state index contributed by atoms with van der Waals surface area (Å²) >= 11 is 0. The van der Waals surface area contributed by atoms with E-state index in [1.54, 1.807) is 0 Å². The van der Waals surface area contributed by atoms with Crippen LogP contribution in [0.5, 0.6) is 0 Å². The first-order chi connectivity index (χ1) is 14.6. The molecule has 5 rings (SSSR count). The Balaban J connectivity index is 1.87. The topological polar surface area (TPSA) is 0 Å². The van der Waals surface area contributed by atoms with Gasteiger partial charge in [-0.2, -0.15) is 0 Å². The average Bonchev–Trinajstić information content (AvgIpc) is 3.25. The van der Waals surface area contributed by atoms with E-state index in [2.05, 4.69) is 115 Å². The highest BCUT2D eigenvalue weighted by molar-refractivity contribution is 5.80. The maximum atomic E-state index is 4.49. The van der Waals surface area contributed by atoms with Crippen LogP contribution in [0.1, 0.15) is 75.3 Å². The molecule has 1 atom stereocenters. The minimum absolute atomic E-state index is 0.101. The van der Waals surface area contributed by atoms with Crippen molar-refractivity contribution < 1.29 is 0 Å². The largest absolute Gasteiger partial charge is 0.0914 e. The minimum Gasteiger partial charge on any atom is -0.0914 e. The zero-order valence-corrected chi connectivity index (χ0v) is 19.6. The summed E-state index contributed by atoms with van der Waals surface area (Å²) in [7, 11) is 0. The Morgan fingerprint density at radius 2 is 1.52 bits per heavy atom. The Bertz CT molecular complexity index is 1450. The Morgan fingerprint density at radius 3 is 2.23 bits per heavy atom. The van der Waals surface area contributed by atoms with Gasteiger partial charge in [0.25, 0.3) is 0 Å². The van der Waals surface area contributed by atoms with E-state index in [-0.39, 0.29) is 16.7 Å². The lowest BCUT2D eigenvalue weighted by molar-refractivity contribution is 0.567. The van der Waals surface area contributed by atoms with E-state index in [9.17, 15) is 0 Å². The van der Waals surface area contributed by atoms with Gasteiger partial charge in [0.1, 0.15) is 0 Å². The lowest BCUT2D eigenvalue weighted by Crippen LogP contribution is -2.16. The van der Waals surface area contributed by atoms with Crippen LogP contribution in [-0.2, 0) is 5.41 Å². The molecule has 0 heteroatoms. The molecule has 156 valence electrons. The van der Waals surface area contributed by atoms with E-state index >= 15 is 0 Å². The van der Waals surface area contributed by atoms with Gasteiger partial charge in [0.05, 0.1) is 0 Å². The quantitative estimate of drug-likeness (QED) is 0.344. The van der Waals surface area contributed by atoms with Crippen molar-refractivity contribution in [3.05, 3.63) is 109 Å². The van der Waals surface area contributed by atoms with Gasteiger partial charge in [0.15, 0.2) is 0 Å². The molecular weight excluding hydrogens is 372 g/mol. The van der Waals surface area contributed by atoms with Gasteiger partial charge in [-0.05, 0) is 71.2 Å². The molecule has 0 saturated heterocycles. The smallest absolute Gasteiger partial charge is 0.0293 e. The Labute approximate surface area is 186 Å². The molecule has 0 heterocycles. The highest BCUT2D eigenvalue weighted by atomic mass is 14.4. The van der Waals surface area contributed by atoms with E-state index in [0.717, 1.165) is 5.22 Å². The predicted octanol–water partition coefficient (Wildman–Crippen LogP) is 6.40. The number of hydrogen-bond acceptors (Lipinski definition) is 0. The molecular formula is C31H32. The Kier molecular flexibility index (Phi) is 4.25. The number of hydrogen-bond donors (Lipinski definition) is 0. The second-order valence-corrected chi connectivity index (χ2v) is 11.2. The van der Waals surface area contributed by atoms with Crippen LogP contribution in [0.3, 0.4) is 0 Å². The van der Waals surface area contributed by atoms with Crippen molar-refractivity contribution in [2.45, 2.75) is 52.9 Å². The minimum atomic E-state index is 0.101. The summed E-state index contributed by atoms with van der Waals surface area (Å²) in [5.41, 5.74) is 8.58. The molecule has 0 aliphatic heterocycles. The third-order valence-electron chi connectivity index (χ3n) is 6.89. The van der Waals surface area contributed by atoms with Gasteiger partial charge in [0, 0.05) is 5.92 Å². The van der Waals surface area contributed by atoms with E-state index in [1.807, 2.05) is 0 Å². The summed E-state index contributed by atoms with van der Waals surface area (Å²) in [6.07, 6.45) is 4.89. The third-order valence-corrected chi connectivity index (χ3v) is 6.89. The van der Waals surface area contributed by atoms with Crippen molar-refractivity contribution in [3.63, 3.8) is 0 Å². The molecule has 2 aliphatic carbocycles. The molecule has 3 aromatic carbocycles. The van der Waals surface area contributed by atoms with E-state index in [1.165, 1.54) is 49.0 Å². The van der Waals surface area contributed by atoms with Crippen molar-refractivity contribution in [1.82, 2.24) is 0 Å². The summed E-state index contributed by atoms with van der Waals surface area (Å²) in [6.45, 7) is 18.4. The Morgan fingerprint density at radius 1 is 0.774 bits per heavy atom. The summed E-state index contributed by atoms with van der Waals surface area (Å²) in [6, 6.07) is 20.2. The summed E-state index contributed by atoms with van der Waals surface area (Å²) in [4.78, 5) is 0. The third kappa shape index (κ3) is 3.04. The van der Waals surface area contributed by atoms with Crippen molar-refractivity contribution in [2.24, 2.45) is 5.41 Å². The van der Waals surface area contributed by atoms with Gasteiger partial charge in [-0.25, -0.2) is 0 Å². The average molecular weight is 405 g/mol. The van der Waals surface area contributed by atoms with Crippen LogP contribution in [0.15, 0.2) is 60.7 Å². The molecule has 1 unspecified atom stereocenters. The molecule has 31 heavy (non-hydrogen) atoms. The summed E-state index contributed by atoms with van der Waals surface area (Å²) < 4.78 is 0. The highest BCUT2D eigenvalue weighted by Crippen LogP contribution is 2.47. The molecule has 0 saturated carbocycles. The second kappa shape index (κ2) is 6.57. The molecule has 3 aromatic rings. The molecule has 0 amide bonds. The number of fused-ring (bicyclic) bond motifs is 3. The van der Waals surface area contributed by atoms with Gasteiger partial charge in [-0.15, -0.1) is 0 Å². The molecule has 0 N–H and O–H groups in total. The van der Waals surface area contributed by atoms with Gasteiger partial charge in [-0.3, -0.25) is 0 Å². The van der Waals surface area contributed by atoms with Gasteiger partial charge in [-0.1, -0.05) is 109 Å². The van der Waals surface area contributed by atoms with Crippen molar-refractivity contribution >= 4 is 18.2 Å². The zero-order chi connectivity index (χ0) is 22.1. The first-order valence-corrected chi connectivity index (χ1v) is 11.4. The SMILES string of the molecule is C=c1ccc2c(c1C1C=C(C(C)(C)C)c3ccccc31)C=c1cccc(C(C)(C)C)c1=2. The summed E-state index contributed by atoms with van der Waals surface area (Å²) in [5, 5.41) is 5.22.